The van der Waals surface area contributed by atoms with E-state index in [1.54, 1.807) is 0 Å². The molecule has 15 atom stereocenters. The van der Waals surface area contributed by atoms with E-state index in [4.69, 9.17) is 23.7 Å². The van der Waals surface area contributed by atoms with Gasteiger partial charge in [0.2, 0.25) is 5.91 Å². The van der Waals surface area contributed by atoms with Crippen molar-refractivity contribution in [1.29, 1.82) is 0 Å². The van der Waals surface area contributed by atoms with Crippen molar-refractivity contribution in [3.05, 3.63) is 0 Å². The quantitative estimate of drug-likeness (QED) is 0.135. The van der Waals surface area contributed by atoms with Gasteiger partial charge >= 0.3 is 0 Å². The van der Waals surface area contributed by atoms with Gasteiger partial charge in [0.25, 0.3) is 0 Å². The third-order valence-electron chi connectivity index (χ3n) is 6.47. The first-order valence-electron chi connectivity index (χ1n) is 11.6. The van der Waals surface area contributed by atoms with Crippen LogP contribution in [0, 0.1) is 0 Å². The lowest BCUT2D eigenvalue weighted by Gasteiger charge is -2.47. The van der Waals surface area contributed by atoms with Crippen LogP contribution in [0.4, 0.5) is 0 Å². The van der Waals surface area contributed by atoms with Crippen molar-refractivity contribution in [2.45, 2.75) is 99.0 Å². The Morgan fingerprint density at radius 2 is 1.30 bits per heavy atom. The molecule has 0 unspecified atom stereocenters. The molecule has 3 saturated heterocycles. The number of carbonyl (C=O) groups is 1. The van der Waals surface area contributed by atoms with E-state index in [9.17, 15) is 55.9 Å². The fourth-order valence-corrected chi connectivity index (χ4v) is 4.36. The molecule has 1 amide bonds. The fourth-order valence-electron chi connectivity index (χ4n) is 4.36. The Labute approximate surface area is 210 Å². The van der Waals surface area contributed by atoms with Crippen LogP contribution in [0.25, 0.3) is 0 Å². The van der Waals surface area contributed by atoms with Gasteiger partial charge in [-0.25, -0.2) is 0 Å². The number of amides is 1. The fraction of sp³-hybridized carbons (Fsp3) is 0.950. The van der Waals surface area contributed by atoms with E-state index in [1.807, 2.05) is 0 Å². The van der Waals surface area contributed by atoms with Gasteiger partial charge in [0.15, 0.2) is 18.9 Å². The number of aliphatic hydroxyl groups is 10. The summed E-state index contributed by atoms with van der Waals surface area (Å²) in [5, 5.41) is 102. The summed E-state index contributed by atoms with van der Waals surface area (Å²) in [7, 11) is 0. The minimum absolute atomic E-state index is 0.585. The van der Waals surface area contributed by atoms with E-state index < -0.39 is 118 Å². The number of nitrogens with one attached hydrogen (secondary N) is 1. The molecular weight excluding hydrogens is 510 g/mol. The predicted octanol–water partition coefficient (Wildman–Crippen LogP) is -7.43. The van der Waals surface area contributed by atoms with Gasteiger partial charge in [-0.3, -0.25) is 4.79 Å². The van der Waals surface area contributed by atoms with Crippen molar-refractivity contribution in [2.75, 3.05) is 19.8 Å². The second kappa shape index (κ2) is 12.8. The van der Waals surface area contributed by atoms with Crippen LogP contribution in [0.1, 0.15) is 6.92 Å². The van der Waals surface area contributed by atoms with Crippen LogP contribution in [-0.2, 0) is 28.5 Å². The molecule has 3 rings (SSSR count). The van der Waals surface area contributed by atoms with Gasteiger partial charge in [-0.1, -0.05) is 0 Å². The second-order valence-corrected chi connectivity index (χ2v) is 9.11. The Morgan fingerprint density at radius 1 is 0.703 bits per heavy atom. The molecule has 11 N–H and O–H groups in total. The minimum Gasteiger partial charge on any atom is -0.394 e. The summed E-state index contributed by atoms with van der Waals surface area (Å²) in [6.07, 6.45) is -22.7. The average molecular weight is 545 g/mol. The third kappa shape index (κ3) is 6.55. The van der Waals surface area contributed by atoms with Gasteiger partial charge < -0.3 is 80.1 Å². The summed E-state index contributed by atoms with van der Waals surface area (Å²) >= 11 is 0. The molecule has 37 heavy (non-hydrogen) atoms. The van der Waals surface area contributed by atoms with E-state index >= 15 is 0 Å². The Kier molecular flexibility index (Phi) is 10.5. The summed E-state index contributed by atoms with van der Waals surface area (Å²) in [6.45, 7) is -0.974. The molecule has 3 aliphatic rings. The predicted molar refractivity (Wildman–Crippen MR) is 113 cm³/mol. The SMILES string of the molecule is CC(=O)N[C@H]1[C@@H](O[C@@H]2[C@H](O)[C@@H](O)[C@H](OC[C@H]3O[C@@H](O)[C@H](O)[C@@H](O)[C@H]3O)O[C@@H]2CO)O[C@H](CO)[C@@H](O)[C@@H]1O. The molecule has 0 aromatic heterocycles. The number of aliphatic hydroxyl groups excluding tert-OH is 10. The molecular formula is C20H35NO16. The van der Waals surface area contributed by atoms with Gasteiger partial charge in [-0.05, 0) is 0 Å². The Balaban J connectivity index is 1.69. The second-order valence-electron chi connectivity index (χ2n) is 9.11. The zero-order valence-electron chi connectivity index (χ0n) is 19.7. The molecule has 216 valence electrons. The summed E-state index contributed by atoms with van der Waals surface area (Å²) in [5.74, 6) is -0.626. The number of rotatable bonds is 8. The highest BCUT2D eigenvalue weighted by atomic mass is 16.7. The highest BCUT2D eigenvalue weighted by molar-refractivity contribution is 5.73. The molecule has 0 aliphatic carbocycles. The van der Waals surface area contributed by atoms with E-state index in [0.717, 1.165) is 6.92 Å². The molecule has 3 fully saturated rings. The van der Waals surface area contributed by atoms with Gasteiger partial charge in [-0.2, -0.15) is 0 Å². The largest absolute Gasteiger partial charge is 0.394 e. The summed E-state index contributed by atoms with van der Waals surface area (Å²) in [6, 6.07) is -1.37. The van der Waals surface area contributed by atoms with Crippen LogP contribution in [-0.4, -0.2) is 169 Å². The summed E-state index contributed by atoms with van der Waals surface area (Å²) in [5.41, 5.74) is 0. The van der Waals surface area contributed by atoms with Crippen molar-refractivity contribution in [3.63, 3.8) is 0 Å². The lowest BCUT2D eigenvalue weighted by molar-refractivity contribution is -0.354. The molecule has 3 aliphatic heterocycles. The summed E-state index contributed by atoms with van der Waals surface area (Å²) in [4.78, 5) is 11.6. The molecule has 0 radical (unpaired) electrons. The van der Waals surface area contributed by atoms with Crippen LogP contribution >= 0.6 is 0 Å². The molecule has 0 aromatic rings. The highest BCUT2D eigenvalue weighted by Gasteiger charge is 2.52. The van der Waals surface area contributed by atoms with Crippen LogP contribution in [0.5, 0.6) is 0 Å². The maximum Gasteiger partial charge on any atom is 0.217 e. The normalized spacial score (nSPS) is 49.0. The van der Waals surface area contributed by atoms with Crippen molar-refractivity contribution >= 4 is 5.91 Å². The van der Waals surface area contributed by atoms with Crippen molar-refractivity contribution < 1.29 is 79.5 Å². The van der Waals surface area contributed by atoms with Gasteiger partial charge in [0.1, 0.15) is 73.2 Å². The molecule has 3 heterocycles. The van der Waals surface area contributed by atoms with E-state index in [1.165, 1.54) is 0 Å². The number of carbonyl (C=O) groups excluding carboxylic acids is 1. The molecule has 0 spiro atoms. The standard InChI is InChI=1S/C20H35NO16/c1-5(24)21-9-12(27)10(25)6(2-22)35-19(9)37-17-7(3-23)36-20(16(31)14(17)29)33-4-8-11(26)13(28)15(30)18(32)34-8/h6-20,22-23,25-32H,2-4H2,1H3,(H,21,24)/t6-,7-,8-,9-,10-,11+,12-,13+,14-,15-,16-,17+,18-,19-,20-/m1/s1. The van der Waals surface area contributed by atoms with Crippen LogP contribution < -0.4 is 5.32 Å². The van der Waals surface area contributed by atoms with Gasteiger partial charge in [0.05, 0.1) is 19.8 Å². The number of ether oxygens (including phenoxy) is 5. The van der Waals surface area contributed by atoms with Crippen LogP contribution in [0.3, 0.4) is 0 Å². The zero-order chi connectivity index (χ0) is 27.6. The number of hydrogen-bond acceptors (Lipinski definition) is 16. The zero-order valence-corrected chi connectivity index (χ0v) is 19.7. The smallest absolute Gasteiger partial charge is 0.217 e. The first-order valence-corrected chi connectivity index (χ1v) is 11.6. The minimum atomic E-state index is -1.83. The van der Waals surface area contributed by atoms with Crippen molar-refractivity contribution in [1.82, 2.24) is 5.32 Å². The molecule has 17 heteroatoms. The molecule has 0 saturated carbocycles. The maximum atomic E-state index is 11.6. The molecule has 0 aromatic carbocycles. The Morgan fingerprint density at radius 3 is 1.89 bits per heavy atom. The summed E-state index contributed by atoms with van der Waals surface area (Å²) < 4.78 is 26.9. The maximum absolute atomic E-state index is 11.6. The molecule has 0 bridgehead atoms. The van der Waals surface area contributed by atoms with E-state index in [0.29, 0.717) is 0 Å². The van der Waals surface area contributed by atoms with Gasteiger partial charge in [-0.15, -0.1) is 0 Å². The molecule has 17 nitrogen and oxygen atoms in total. The topological polar surface area (TPSA) is 278 Å². The third-order valence-corrected chi connectivity index (χ3v) is 6.47. The first kappa shape index (κ1) is 30.4. The van der Waals surface area contributed by atoms with Crippen LogP contribution in [0.15, 0.2) is 0 Å². The van der Waals surface area contributed by atoms with Crippen molar-refractivity contribution in [3.8, 4) is 0 Å². The highest BCUT2D eigenvalue weighted by Crippen LogP contribution is 2.30. The average Bonchev–Trinajstić information content (AvgIpc) is 2.86. The number of hydrogen-bond donors (Lipinski definition) is 11. The van der Waals surface area contributed by atoms with E-state index in [2.05, 4.69) is 5.32 Å². The van der Waals surface area contributed by atoms with Gasteiger partial charge in [0, 0.05) is 6.92 Å². The lowest BCUT2D eigenvalue weighted by Crippen LogP contribution is -2.67. The van der Waals surface area contributed by atoms with Crippen molar-refractivity contribution in [2.24, 2.45) is 0 Å². The Bertz CT molecular complexity index is 745. The van der Waals surface area contributed by atoms with Crippen LogP contribution in [0.2, 0.25) is 0 Å². The first-order chi connectivity index (χ1) is 17.4. The monoisotopic (exact) mass is 545 g/mol. The Hall–Kier alpha value is -1.13. The van der Waals surface area contributed by atoms with E-state index in [-0.39, 0.29) is 0 Å². The lowest BCUT2D eigenvalue weighted by atomic mass is 9.95.